The number of carbonyl (C=O) groups excluding carboxylic acids is 1. The predicted octanol–water partition coefficient (Wildman–Crippen LogP) is 4.52. The number of pyridine rings is 1. The monoisotopic (exact) mass is 304 g/mol. The molecule has 0 saturated carbocycles. The van der Waals surface area contributed by atoms with Crippen LogP contribution in [0.4, 0.5) is 5.69 Å². The number of hydrogen-bond acceptors (Lipinski definition) is 2. The Morgan fingerprint density at radius 3 is 2.65 bits per heavy atom. The topological polar surface area (TPSA) is 33.2 Å². The van der Waals surface area contributed by atoms with E-state index in [0.717, 1.165) is 27.7 Å². The summed E-state index contributed by atoms with van der Waals surface area (Å²) in [5.41, 5.74) is 4.76. The van der Waals surface area contributed by atoms with Gasteiger partial charge in [-0.3, -0.25) is 9.78 Å². The molecule has 3 heteroatoms. The lowest BCUT2D eigenvalue weighted by atomic mass is 10.1. The van der Waals surface area contributed by atoms with Crippen LogP contribution in [-0.2, 0) is 0 Å². The molecule has 0 aliphatic heterocycles. The Kier molecular flexibility index (Phi) is 4.11. The van der Waals surface area contributed by atoms with Crippen LogP contribution in [0, 0.1) is 13.8 Å². The summed E-state index contributed by atoms with van der Waals surface area (Å²) in [5, 5.41) is 0.892. The molecular weight excluding hydrogens is 284 g/mol. The molecule has 1 heterocycles. The van der Waals surface area contributed by atoms with Gasteiger partial charge in [0.25, 0.3) is 5.91 Å². The van der Waals surface area contributed by atoms with Crippen LogP contribution >= 0.6 is 0 Å². The zero-order valence-corrected chi connectivity index (χ0v) is 13.7. The molecular formula is C20H20N2O. The van der Waals surface area contributed by atoms with Crippen LogP contribution < -0.4 is 4.90 Å². The van der Waals surface area contributed by atoms with Crippen LogP contribution in [0.15, 0.2) is 54.7 Å². The third kappa shape index (κ3) is 2.82. The van der Waals surface area contributed by atoms with Gasteiger partial charge in [-0.1, -0.05) is 30.3 Å². The number of amides is 1. The van der Waals surface area contributed by atoms with Crippen molar-refractivity contribution in [3.05, 3.63) is 71.4 Å². The van der Waals surface area contributed by atoms with Crippen molar-refractivity contribution in [2.24, 2.45) is 0 Å². The molecule has 0 fully saturated rings. The predicted molar refractivity (Wildman–Crippen MR) is 95.0 cm³/mol. The number of carbonyl (C=O) groups is 1. The Bertz CT molecular complexity index is 865. The van der Waals surface area contributed by atoms with Gasteiger partial charge in [-0.05, 0) is 50.1 Å². The first kappa shape index (κ1) is 15.2. The first-order valence-corrected chi connectivity index (χ1v) is 7.84. The van der Waals surface area contributed by atoms with Gasteiger partial charge in [0.2, 0.25) is 0 Å². The van der Waals surface area contributed by atoms with E-state index in [2.05, 4.69) is 23.2 Å². The molecule has 0 atom stereocenters. The molecule has 0 saturated heterocycles. The van der Waals surface area contributed by atoms with Gasteiger partial charge in [0, 0.05) is 23.8 Å². The minimum absolute atomic E-state index is 0.0137. The van der Waals surface area contributed by atoms with E-state index in [4.69, 9.17) is 0 Å². The second kappa shape index (κ2) is 6.21. The van der Waals surface area contributed by atoms with Gasteiger partial charge in [0.05, 0.1) is 11.1 Å². The fourth-order valence-electron chi connectivity index (χ4n) is 2.86. The van der Waals surface area contributed by atoms with Crippen LogP contribution in [0.3, 0.4) is 0 Å². The summed E-state index contributed by atoms with van der Waals surface area (Å²) in [6, 6.07) is 15.8. The number of fused-ring (bicyclic) bond motifs is 1. The Morgan fingerprint density at radius 2 is 1.87 bits per heavy atom. The summed E-state index contributed by atoms with van der Waals surface area (Å²) in [6.07, 6.45) is 1.70. The highest BCUT2D eigenvalue weighted by molar-refractivity contribution is 6.13. The van der Waals surface area contributed by atoms with E-state index in [-0.39, 0.29) is 5.91 Å². The molecule has 1 aromatic heterocycles. The maximum Gasteiger partial charge on any atom is 0.259 e. The van der Waals surface area contributed by atoms with E-state index in [1.165, 1.54) is 0 Å². The summed E-state index contributed by atoms with van der Waals surface area (Å²) in [4.78, 5) is 19.3. The Hall–Kier alpha value is -2.68. The van der Waals surface area contributed by atoms with Gasteiger partial charge < -0.3 is 4.90 Å². The van der Waals surface area contributed by atoms with E-state index in [1.54, 1.807) is 12.3 Å². The maximum absolute atomic E-state index is 13.2. The van der Waals surface area contributed by atoms with Crippen molar-refractivity contribution in [3.63, 3.8) is 0 Å². The number of hydrogen-bond donors (Lipinski definition) is 0. The van der Waals surface area contributed by atoms with E-state index in [9.17, 15) is 4.79 Å². The van der Waals surface area contributed by atoms with Crippen molar-refractivity contribution in [1.29, 1.82) is 0 Å². The van der Waals surface area contributed by atoms with Gasteiger partial charge in [0.1, 0.15) is 0 Å². The minimum Gasteiger partial charge on any atom is -0.308 e. The fraction of sp³-hybridized carbons (Fsp3) is 0.200. The summed E-state index contributed by atoms with van der Waals surface area (Å²) < 4.78 is 0. The maximum atomic E-state index is 13.2. The van der Waals surface area contributed by atoms with Crippen molar-refractivity contribution in [3.8, 4) is 0 Å². The average Bonchev–Trinajstić information content (AvgIpc) is 2.58. The fourth-order valence-corrected chi connectivity index (χ4v) is 2.86. The molecule has 0 aliphatic carbocycles. The van der Waals surface area contributed by atoms with Crippen molar-refractivity contribution in [2.45, 2.75) is 20.8 Å². The van der Waals surface area contributed by atoms with Crippen molar-refractivity contribution >= 4 is 22.5 Å². The van der Waals surface area contributed by atoms with Gasteiger partial charge in [-0.25, -0.2) is 0 Å². The van der Waals surface area contributed by atoms with E-state index in [0.29, 0.717) is 12.1 Å². The van der Waals surface area contributed by atoms with Crippen LogP contribution in [0.5, 0.6) is 0 Å². The van der Waals surface area contributed by atoms with Gasteiger partial charge in [-0.2, -0.15) is 0 Å². The van der Waals surface area contributed by atoms with Gasteiger partial charge >= 0.3 is 0 Å². The van der Waals surface area contributed by atoms with E-state index >= 15 is 0 Å². The molecule has 0 N–H and O–H groups in total. The molecule has 1 amide bonds. The van der Waals surface area contributed by atoms with Gasteiger partial charge in [0.15, 0.2) is 0 Å². The molecule has 0 aliphatic rings. The molecule has 3 aromatic rings. The lowest BCUT2D eigenvalue weighted by molar-refractivity contribution is 0.0989. The number of para-hydroxylation sites is 1. The molecule has 23 heavy (non-hydrogen) atoms. The summed E-state index contributed by atoms with van der Waals surface area (Å²) in [5.74, 6) is 0.0137. The molecule has 0 radical (unpaired) electrons. The molecule has 0 spiro atoms. The van der Waals surface area contributed by atoms with Crippen molar-refractivity contribution in [2.75, 3.05) is 11.4 Å². The largest absolute Gasteiger partial charge is 0.308 e. The lowest BCUT2D eigenvalue weighted by Gasteiger charge is -2.24. The third-order valence-electron chi connectivity index (χ3n) is 4.10. The standard InChI is InChI=1S/C20H20N2O/c1-4-22(19-13-14(2)9-10-15(19)3)20(23)17-11-12-21-18-8-6-5-7-16(17)18/h5-13H,4H2,1-3H3. The molecule has 0 unspecified atom stereocenters. The van der Waals surface area contributed by atoms with Crippen LogP contribution in [0.25, 0.3) is 10.9 Å². The zero-order chi connectivity index (χ0) is 16.4. The third-order valence-corrected chi connectivity index (χ3v) is 4.10. The first-order valence-electron chi connectivity index (χ1n) is 7.84. The smallest absolute Gasteiger partial charge is 0.259 e. The normalized spacial score (nSPS) is 10.7. The lowest BCUT2D eigenvalue weighted by Crippen LogP contribution is -2.31. The highest BCUT2D eigenvalue weighted by Gasteiger charge is 2.20. The Morgan fingerprint density at radius 1 is 1.09 bits per heavy atom. The quantitative estimate of drug-likeness (QED) is 0.713. The number of benzene rings is 2. The number of aryl methyl sites for hydroxylation is 2. The van der Waals surface area contributed by atoms with E-state index < -0.39 is 0 Å². The van der Waals surface area contributed by atoms with E-state index in [1.807, 2.05) is 49.9 Å². The number of aromatic nitrogens is 1. The molecule has 2 aromatic carbocycles. The second-order valence-corrected chi connectivity index (χ2v) is 5.72. The van der Waals surface area contributed by atoms with Crippen molar-refractivity contribution in [1.82, 2.24) is 4.98 Å². The Labute approximate surface area is 136 Å². The zero-order valence-electron chi connectivity index (χ0n) is 13.7. The molecule has 116 valence electrons. The van der Waals surface area contributed by atoms with Crippen molar-refractivity contribution < 1.29 is 4.79 Å². The SMILES string of the molecule is CCN(C(=O)c1ccnc2ccccc12)c1cc(C)ccc1C. The summed E-state index contributed by atoms with van der Waals surface area (Å²) in [7, 11) is 0. The number of anilines is 1. The minimum atomic E-state index is 0.0137. The first-order chi connectivity index (χ1) is 11.1. The average molecular weight is 304 g/mol. The van der Waals surface area contributed by atoms with Crippen LogP contribution in [0.1, 0.15) is 28.4 Å². The Balaban J connectivity index is 2.11. The highest BCUT2D eigenvalue weighted by Crippen LogP contribution is 2.25. The highest BCUT2D eigenvalue weighted by atomic mass is 16.2. The summed E-state index contributed by atoms with van der Waals surface area (Å²) in [6.45, 7) is 6.71. The number of nitrogens with zero attached hydrogens (tertiary/aromatic N) is 2. The second-order valence-electron chi connectivity index (χ2n) is 5.72. The van der Waals surface area contributed by atoms with Crippen LogP contribution in [0.2, 0.25) is 0 Å². The molecule has 0 bridgehead atoms. The molecule has 3 rings (SSSR count). The summed E-state index contributed by atoms with van der Waals surface area (Å²) >= 11 is 0. The van der Waals surface area contributed by atoms with Gasteiger partial charge in [-0.15, -0.1) is 0 Å². The number of rotatable bonds is 3. The van der Waals surface area contributed by atoms with Crippen LogP contribution in [-0.4, -0.2) is 17.4 Å². The molecule has 3 nitrogen and oxygen atoms in total.